The monoisotopic (exact) mass is 340 g/mol. The number of nitrogens with zero attached hydrogens (tertiary/aromatic N) is 3. The molecule has 0 aromatic carbocycles. The van der Waals surface area contributed by atoms with Gasteiger partial charge in [-0.15, -0.1) is 0 Å². The van der Waals surface area contributed by atoms with Crippen LogP contribution in [0.5, 0.6) is 0 Å². The Labute approximate surface area is 142 Å². The first kappa shape index (κ1) is 16.7. The summed E-state index contributed by atoms with van der Waals surface area (Å²) in [5.74, 6) is 1.46. The van der Waals surface area contributed by atoms with Crippen LogP contribution in [0, 0.1) is 0 Å². The molecular formula is C16H25ClN4O2. The topological polar surface area (TPSA) is 70.5 Å². The summed E-state index contributed by atoms with van der Waals surface area (Å²) < 4.78 is 5.41. The Kier molecular flexibility index (Phi) is 5.56. The van der Waals surface area contributed by atoms with Crippen LogP contribution in [-0.4, -0.2) is 53.5 Å². The van der Waals surface area contributed by atoms with E-state index in [1.807, 2.05) is 6.07 Å². The van der Waals surface area contributed by atoms with E-state index in [0.717, 1.165) is 57.4 Å². The number of ether oxygens (including phenoxy) is 1. The summed E-state index contributed by atoms with van der Waals surface area (Å²) >= 11 is 6.18. The Bertz CT molecular complexity index is 515. The number of halogens is 1. The molecule has 3 rings (SSSR count). The number of nitrogens with one attached hydrogen (secondary N) is 1. The Morgan fingerprint density at radius 3 is 2.52 bits per heavy atom. The molecule has 0 unspecified atom stereocenters. The molecule has 2 fully saturated rings. The van der Waals surface area contributed by atoms with E-state index < -0.39 is 0 Å². The zero-order valence-corrected chi connectivity index (χ0v) is 14.3. The SMILES string of the molecule is COC1CCN(c2cc(Cl)nc(NC3CCC(O)CC3)n2)CC1. The highest BCUT2D eigenvalue weighted by atomic mass is 35.5. The van der Waals surface area contributed by atoms with Gasteiger partial charge in [-0.05, 0) is 38.5 Å². The molecule has 1 saturated carbocycles. The van der Waals surface area contributed by atoms with E-state index in [4.69, 9.17) is 16.3 Å². The van der Waals surface area contributed by atoms with Gasteiger partial charge < -0.3 is 20.1 Å². The molecular weight excluding hydrogens is 316 g/mol. The summed E-state index contributed by atoms with van der Waals surface area (Å²) in [5, 5.41) is 13.4. The van der Waals surface area contributed by atoms with Crippen molar-refractivity contribution in [3.63, 3.8) is 0 Å². The van der Waals surface area contributed by atoms with Crippen molar-refractivity contribution in [3.05, 3.63) is 11.2 Å². The molecule has 0 atom stereocenters. The summed E-state index contributed by atoms with van der Waals surface area (Å²) in [6.07, 6.45) is 5.71. The van der Waals surface area contributed by atoms with Crippen LogP contribution in [0.15, 0.2) is 6.07 Å². The maximum absolute atomic E-state index is 9.60. The predicted molar refractivity (Wildman–Crippen MR) is 91.2 cm³/mol. The average molecular weight is 341 g/mol. The quantitative estimate of drug-likeness (QED) is 0.820. The normalized spacial score (nSPS) is 26.3. The van der Waals surface area contributed by atoms with Crippen molar-refractivity contribution in [2.45, 2.75) is 56.8 Å². The van der Waals surface area contributed by atoms with Gasteiger partial charge in [-0.2, -0.15) is 4.98 Å². The van der Waals surface area contributed by atoms with Crippen molar-refractivity contribution in [3.8, 4) is 0 Å². The lowest BCUT2D eigenvalue weighted by molar-refractivity contribution is 0.0818. The highest BCUT2D eigenvalue weighted by Gasteiger charge is 2.22. The molecule has 0 bridgehead atoms. The van der Waals surface area contributed by atoms with Crippen molar-refractivity contribution in [2.24, 2.45) is 0 Å². The van der Waals surface area contributed by atoms with E-state index in [1.54, 1.807) is 7.11 Å². The molecule has 2 aliphatic rings. The molecule has 6 nitrogen and oxygen atoms in total. The lowest BCUT2D eigenvalue weighted by atomic mass is 9.93. The van der Waals surface area contributed by atoms with Crippen LogP contribution in [-0.2, 0) is 4.74 Å². The van der Waals surface area contributed by atoms with E-state index in [1.165, 1.54) is 0 Å². The van der Waals surface area contributed by atoms with Gasteiger partial charge in [0.15, 0.2) is 0 Å². The number of piperidine rings is 1. The molecule has 2 heterocycles. The van der Waals surface area contributed by atoms with E-state index in [2.05, 4.69) is 20.2 Å². The Hall–Kier alpha value is -1.11. The van der Waals surface area contributed by atoms with Crippen molar-refractivity contribution in [1.29, 1.82) is 0 Å². The molecule has 23 heavy (non-hydrogen) atoms. The second-order valence-electron chi connectivity index (χ2n) is 6.44. The fraction of sp³-hybridized carbons (Fsp3) is 0.750. The van der Waals surface area contributed by atoms with Crippen LogP contribution in [0.3, 0.4) is 0 Å². The second-order valence-corrected chi connectivity index (χ2v) is 6.83. The standard InChI is InChI=1S/C16H25ClN4O2/c1-23-13-6-8-21(9-7-13)15-10-14(17)19-16(20-15)18-11-2-4-12(22)5-3-11/h10-13,22H,2-9H2,1H3,(H,18,19,20). The Morgan fingerprint density at radius 1 is 1.17 bits per heavy atom. The van der Waals surface area contributed by atoms with Crippen LogP contribution in [0.1, 0.15) is 38.5 Å². The molecule has 0 amide bonds. The van der Waals surface area contributed by atoms with Crippen LogP contribution in [0.2, 0.25) is 5.15 Å². The van der Waals surface area contributed by atoms with Crippen LogP contribution in [0.25, 0.3) is 0 Å². The van der Waals surface area contributed by atoms with Gasteiger partial charge in [0.25, 0.3) is 0 Å². The van der Waals surface area contributed by atoms with Gasteiger partial charge in [0.2, 0.25) is 5.95 Å². The first-order valence-electron chi connectivity index (χ1n) is 8.41. The maximum atomic E-state index is 9.60. The van der Waals surface area contributed by atoms with E-state index >= 15 is 0 Å². The molecule has 1 aliphatic carbocycles. The molecule has 7 heteroatoms. The largest absolute Gasteiger partial charge is 0.393 e. The van der Waals surface area contributed by atoms with Crippen molar-refractivity contribution in [2.75, 3.05) is 30.4 Å². The number of aromatic nitrogens is 2. The Morgan fingerprint density at radius 2 is 1.87 bits per heavy atom. The molecule has 0 spiro atoms. The van der Waals surface area contributed by atoms with Crippen LogP contribution >= 0.6 is 11.6 Å². The minimum atomic E-state index is -0.161. The lowest BCUT2D eigenvalue weighted by Gasteiger charge is -2.32. The maximum Gasteiger partial charge on any atom is 0.226 e. The summed E-state index contributed by atoms with van der Waals surface area (Å²) in [7, 11) is 1.77. The number of aliphatic hydroxyl groups is 1. The molecule has 2 N–H and O–H groups in total. The van der Waals surface area contributed by atoms with Gasteiger partial charge in [0.1, 0.15) is 11.0 Å². The first-order valence-corrected chi connectivity index (χ1v) is 8.79. The van der Waals surface area contributed by atoms with Crippen molar-refractivity contribution < 1.29 is 9.84 Å². The van der Waals surface area contributed by atoms with Gasteiger partial charge in [-0.3, -0.25) is 0 Å². The van der Waals surface area contributed by atoms with Crippen molar-refractivity contribution in [1.82, 2.24) is 9.97 Å². The van der Waals surface area contributed by atoms with Gasteiger partial charge in [-0.1, -0.05) is 11.6 Å². The number of hydrogen-bond acceptors (Lipinski definition) is 6. The minimum Gasteiger partial charge on any atom is -0.393 e. The lowest BCUT2D eigenvalue weighted by Crippen LogP contribution is -2.37. The fourth-order valence-electron chi connectivity index (χ4n) is 3.36. The number of aliphatic hydroxyl groups excluding tert-OH is 1. The average Bonchev–Trinajstić information content (AvgIpc) is 2.56. The summed E-state index contributed by atoms with van der Waals surface area (Å²) in [5.41, 5.74) is 0. The Balaban J connectivity index is 1.65. The van der Waals surface area contributed by atoms with Gasteiger partial charge >= 0.3 is 0 Å². The molecule has 1 saturated heterocycles. The number of rotatable bonds is 4. The van der Waals surface area contributed by atoms with E-state index in [0.29, 0.717) is 23.2 Å². The number of anilines is 2. The van der Waals surface area contributed by atoms with E-state index in [-0.39, 0.29) is 6.10 Å². The molecule has 0 radical (unpaired) electrons. The third-order valence-electron chi connectivity index (χ3n) is 4.81. The molecule has 1 aliphatic heterocycles. The third-order valence-corrected chi connectivity index (χ3v) is 5.00. The predicted octanol–water partition coefficient (Wildman–Crippen LogP) is 2.46. The fourth-order valence-corrected chi connectivity index (χ4v) is 3.53. The number of methoxy groups -OCH3 is 1. The zero-order chi connectivity index (χ0) is 16.2. The second kappa shape index (κ2) is 7.64. The highest BCUT2D eigenvalue weighted by molar-refractivity contribution is 6.29. The van der Waals surface area contributed by atoms with E-state index in [9.17, 15) is 5.11 Å². The zero-order valence-electron chi connectivity index (χ0n) is 13.5. The van der Waals surface area contributed by atoms with Gasteiger partial charge in [0.05, 0.1) is 12.2 Å². The highest BCUT2D eigenvalue weighted by Crippen LogP contribution is 2.25. The summed E-state index contributed by atoms with van der Waals surface area (Å²) in [6, 6.07) is 2.13. The van der Waals surface area contributed by atoms with Crippen LogP contribution < -0.4 is 10.2 Å². The van der Waals surface area contributed by atoms with Crippen molar-refractivity contribution >= 4 is 23.4 Å². The molecule has 1 aromatic heterocycles. The van der Waals surface area contributed by atoms with Crippen LogP contribution in [0.4, 0.5) is 11.8 Å². The summed E-state index contributed by atoms with van der Waals surface area (Å²) in [6.45, 7) is 1.84. The van der Waals surface area contributed by atoms with Gasteiger partial charge in [0, 0.05) is 32.3 Å². The third kappa shape index (κ3) is 4.46. The minimum absolute atomic E-state index is 0.161. The first-order chi connectivity index (χ1) is 11.1. The smallest absolute Gasteiger partial charge is 0.226 e. The van der Waals surface area contributed by atoms with Gasteiger partial charge in [-0.25, -0.2) is 4.98 Å². The molecule has 1 aromatic rings. The number of hydrogen-bond donors (Lipinski definition) is 2. The molecule has 128 valence electrons. The summed E-state index contributed by atoms with van der Waals surface area (Å²) in [4.78, 5) is 11.2.